The summed E-state index contributed by atoms with van der Waals surface area (Å²) in [6.45, 7) is 3.35. The van der Waals surface area contributed by atoms with Crippen LogP contribution in [-0.2, 0) is 9.53 Å². The number of aliphatic carboxylic acids is 1. The molecule has 5 nitrogen and oxygen atoms in total. The number of carboxylic acid groups (broad SMARTS) is 1. The van der Waals surface area contributed by atoms with Crippen LogP contribution in [0, 0.1) is 5.41 Å². The first-order valence-corrected chi connectivity index (χ1v) is 9.08. The average Bonchev–Trinajstić information content (AvgIpc) is 2.96. The van der Waals surface area contributed by atoms with Crippen molar-refractivity contribution >= 4 is 12.1 Å². The number of amides is 1. The molecular weight excluding hydrogens is 361 g/mol. The summed E-state index contributed by atoms with van der Waals surface area (Å²) in [4.78, 5) is 24.7. The molecule has 144 valence electrons. The molecule has 2 aromatic rings. The Balaban J connectivity index is 1.44. The van der Waals surface area contributed by atoms with Gasteiger partial charge < -0.3 is 14.7 Å². The number of carbonyl (C=O) groups excluding carboxylic acids is 1. The highest BCUT2D eigenvalue weighted by molar-refractivity contribution is 5.79. The number of carbonyl (C=O) groups is 2. The van der Waals surface area contributed by atoms with Crippen LogP contribution in [0.2, 0.25) is 0 Å². The van der Waals surface area contributed by atoms with E-state index in [-0.39, 0.29) is 25.6 Å². The Morgan fingerprint density at radius 3 is 2.14 bits per heavy atom. The lowest BCUT2D eigenvalue weighted by atomic mass is 9.76. The van der Waals surface area contributed by atoms with Gasteiger partial charge in [0, 0.05) is 19.0 Å². The van der Waals surface area contributed by atoms with Gasteiger partial charge in [-0.2, -0.15) is 0 Å². The van der Waals surface area contributed by atoms with Gasteiger partial charge in [-0.05, 0) is 22.3 Å². The smallest absolute Gasteiger partial charge is 0.409 e. The molecular formula is C22H20FNO4. The Morgan fingerprint density at radius 1 is 1.11 bits per heavy atom. The van der Waals surface area contributed by atoms with Crippen LogP contribution in [0.5, 0.6) is 0 Å². The van der Waals surface area contributed by atoms with Crippen molar-refractivity contribution in [2.24, 2.45) is 5.41 Å². The minimum absolute atomic E-state index is 0.0364. The molecule has 1 amide bonds. The molecule has 1 aliphatic heterocycles. The zero-order valence-corrected chi connectivity index (χ0v) is 15.2. The zero-order chi connectivity index (χ0) is 19.9. The Bertz CT molecular complexity index is 919. The summed E-state index contributed by atoms with van der Waals surface area (Å²) < 4.78 is 19.2. The molecule has 2 aliphatic rings. The van der Waals surface area contributed by atoms with Crippen LogP contribution in [0.1, 0.15) is 23.5 Å². The van der Waals surface area contributed by atoms with Gasteiger partial charge in [0.1, 0.15) is 12.4 Å². The third kappa shape index (κ3) is 2.95. The molecule has 28 heavy (non-hydrogen) atoms. The molecule has 1 fully saturated rings. The molecule has 1 saturated heterocycles. The van der Waals surface area contributed by atoms with Gasteiger partial charge in [0.2, 0.25) is 0 Å². The largest absolute Gasteiger partial charge is 0.481 e. The molecule has 0 bridgehead atoms. The molecule has 0 atom stereocenters. The molecule has 0 saturated carbocycles. The fourth-order valence-corrected chi connectivity index (χ4v) is 4.17. The van der Waals surface area contributed by atoms with Crippen LogP contribution < -0.4 is 0 Å². The zero-order valence-electron chi connectivity index (χ0n) is 15.2. The minimum Gasteiger partial charge on any atom is -0.481 e. The monoisotopic (exact) mass is 381 g/mol. The van der Waals surface area contributed by atoms with Crippen molar-refractivity contribution in [2.75, 3.05) is 19.7 Å². The van der Waals surface area contributed by atoms with E-state index in [9.17, 15) is 14.0 Å². The summed E-state index contributed by atoms with van der Waals surface area (Å²) in [6, 6.07) is 16.1. The van der Waals surface area contributed by atoms with Crippen LogP contribution in [0.4, 0.5) is 9.18 Å². The predicted molar refractivity (Wildman–Crippen MR) is 102 cm³/mol. The Labute approximate surface area is 162 Å². The maximum absolute atomic E-state index is 13.7. The molecule has 0 aromatic heterocycles. The first-order chi connectivity index (χ1) is 13.4. The van der Waals surface area contributed by atoms with E-state index < -0.39 is 29.7 Å². The number of halogens is 1. The first-order valence-electron chi connectivity index (χ1n) is 9.08. The van der Waals surface area contributed by atoms with Gasteiger partial charge >= 0.3 is 12.1 Å². The second kappa shape index (κ2) is 6.78. The molecule has 0 spiro atoms. The lowest BCUT2D eigenvalue weighted by Crippen LogP contribution is -2.59. The maximum atomic E-state index is 13.7. The number of fused-ring (bicyclic) bond motifs is 3. The van der Waals surface area contributed by atoms with E-state index in [1.165, 1.54) is 4.90 Å². The number of nitrogens with zero attached hydrogens (tertiary/aromatic N) is 1. The van der Waals surface area contributed by atoms with E-state index in [1.807, 2.05) is 36.4 Å². The SMILES string of the molecule is C=C(F)C1(CC(=O)O)CN(C(=O)OCC2c3ccccc3-c3ccccc32)C1. The summed E-state index contributed by atoms with van der Waals surface area (Å²) in [7, 11) is 0. The van der Waals surface area contributed by atoms with Gasteiger partial charge in [0.25, 0.3) is 0 Å². The van der Waals surface area contributed by atoms with Crippen LogP contribution in [0.3, 0.4) is 0 Å². The van der Waals surface area contributed by atoms with Crippen molar-refractivity contribution in [1.29, 1.82) is 0 Å². The van der Waals surface area contributed by atoms with E-state index in [1.54, 1.807) is 0 Å². The summed E-state index contributed by atoms with van der Waals surface area (Å²) in [6.07, 6.45) is -0.959. The van der Waals surface area contributed by atoms with Gasteiger partial charge in [-0.25, -0.2) is 9.18 Å². The van der Waals surface area contributed by atoms with Gasteiger partial charge in [-0.1, -0.05) is 55.1 Å². The molecule has 1 heterocycles. The van der Waals surface area contributed by atoms with Crippen molar-refractivity contribution < 1.29 is 23.8 Å². The number of hydrogen-bond donors (Lipinski definition) is 1. The third-order valence-corrected chi connectivity index (χ3v) is 5.65. The molecule has 2 aromatic carbocycles. The second-order valence-electron chi connectivity index (χ2n) is 7.42. The number of likely N-dealkylation sites (tertiary alicyclic amines) is 1. The van der Waals surface area contributed by atoms with E-state index in [0.29, 0.717) is 0 Å². The van der Waals surface area contributed by atoms with Crippen LogP contribution in [0.25, 0.3) is 11.1 Å². The first kappa shape index (κ1) is 18.2. The average molecular weight is 381 g/mol. The van der Waals surface area contributed by atoms with Crippen LogP contribution in [0.15, 0.2) is 60.9 Å². The van der Waals surface area contributed by atoms with Gasteiger partial charge in [-0.15, -0.1) is 0 Å². The predicted octanol–water partition coefficient (Wildman–Crippen LogP) is 4.20. The number of benzene rings is 2. The third-order valence-electron chi connectivity index (χ3n) is 5.65. The summed E-state index contributed by atoms with van der Waals surface area (Å²) in [5, 5.41) is 8.98. The summed E-state index contributed by atoms with van der Waals surface area (Å²) >= 11 is 0. The van der Waals surface area contributed by atoms with Crippen LogP contribution in [-0.4, -0.2) is 41.8 Å². The Kier molecular flexibility index (Phi) is 4.41. The number of hydrogen-bond acceptors (Lipinski definition) is 3. The van der Waals surface area contributed by atoms with Gasteiger partial charge in [0.05, 0.1) is 11.8 Å². The molecule has 1 N–H and O–H groups in total. The molecule has 1 aliphatic carbocycles. The molecule has 4 rings (SSSR count). The van der Waals surface area contributed by atoms with E-state index >= 15 is 0 Å². The van der Waals surface area contributed by atoms with Crippen molar-refractivity contribution in [1.82, 2.24) is 4.90 Å². The lowest BCUT2D eigenvalue weighted by molar-refractivity contribution is -0.142. The lowest BCUT2D eigenvalue weighted by Gasteiger charge is -2.47. The Morgan fingerprint density at radius 2 is 1.64 bits per heavy atom. The van der Waals surface area contributed by atoms with Gasteiger partial charge in [0.15, 0.2) is 0 Å². The van der Waals surface area contributed by atoms with Crippen molar-refractivity contribution in [2.45, 2.75) is 12.3 Å². The summed E-state index contributed by atoms with van der Waals surface area (Å²) in [5.74, 6) is -1.89. The fraction of sp³-hybridized carbons (Fsp3) is 0.273. The quantitative estimate of drug-likeness (QED) is 0.843. The maximum Gasteiger partial charge on any atom is 0.409 e. The van der Waals surface area contributed by atoms with Gasteiger partial charge in [-0.3, -0.25) is 4.79 Å². The number of rotatable bonds is 5. The van der Waals surface area contributed by atoms with E-state index in [4.69, 9.17) is 9.84 Å². The van der Waals surface area contributed by atoms with Crippen LogP contribution >= 0.6 is 0 Å². The topological polar surface area (TPSA) is 66.8 Å². The van der Waals surface area contributed by atoms with E-state index in [0.717, 1.165) is 22.3 Å². The highest BCUT2D eigenvalue weighted by atomic mass is 19.1. The van der Waals surface area contributed by atoms with Crippen molar-refractivity contribution in [3.63, 3.8) is 0 Å². The molecule has 6 heteroatoms. The highest BCUT2D eigenvalue weighted by Gasteiger charge is 2.50. The summed E-state index contributed by atoms with van der Waals surface area (Å²) in [5.41, 5.74) is 3.28. The second-order valence-corrected chi connectivity index (χ2v) is 7.42. The van der Waals surface area contributed by atoms with E-state index in [2.05, 4.69) is 18.7 Å². The highest BCUT2D eigenvalue weighted by Crippen LogP contribution is 2.45. The van der Waals surface area contributed by atoms with Crippen molar-refractivity contribution in [3.8, 4) is 11.1 Å². The number of ether oxygens (including phenoxy) is 1. The fourth-order valence-electron chi connectivity index (χ4n) is 4.17. The van der Waals surface area contributed by atoms with Crippen molar-refractivity contribution in [3.05, 3.63) is 72.1 Å². The normalized spacial score (nSPS) is 16.7. The Hall–Kier alpha value is -3.15. The standard InChI is InChI=1S/C22H20FNO4/c1-14(23)22(10-20(25)26)12-24(13-22)21(27)28-11-19-17-8-4-2-6-15(17)16-7-3-5-9-18(16)19/h2-9,19H,1,10-13H2,(H,25,26). The molecule has 0 radical (unpaired) electrons. The minimum atomic E-state index is -1.21. The molecule has 0 unspecified atom stereocenters. The number of carboxylic acids is 1.